The van der Waals surface area contributed by atoms with Crippen LogP contribution in [-0.4, -0.2) is 28.5 Å². The highest BCUT2D eigenvalue weighted by Crippen LogP contribution is 2.28. The number of anilines is 1. The molecule has 110 valence electrons. The van der Waals surface area contributed by atoms with Crippen molar-refractivity contribution < 1.29 is 4.79 Å². The van der Waals surface area contributed by atoms with Crippen LogP contribution in [0.5, 0.6) is 0 Å². The number of nitrogens with zero attached hydrogens (tertiary/aromatic N) is 2. The van der Waals surface area contributed by atoms with E-state index in [2.05, 4.69) is 15.6 Å². The van der Waals surface area contributed by atoms with E-state index in [1.54, 1.807) is 17.0 Å². The fourth-order valence-corrected chi connectivity index (χ4v) is 1.92. The number of rotatable bonds is 5. The van der Waals surface area contributed by atoms with E-state index in [-0.39, 0.29) is 22.9 Å². The molecule has 0 unspecified atom stereocenters. The molecule has 0 aliphatic heterocycles. The summed E-state index contributed by atoms with van der Waals surface area (Å²) in [6, 6.07) is 0. The summed E-state index contributed by atoms with van der Waals surface area (Å²) in [5, 5.41) is 5.82. The first kappa shape index (κ1) is 14.6. The first-order chi connectivity index (χ1) is 9.39. The Kier molecular flexibility index (Phi) is 4.11. The van der Waals surface area contributed by atoms with Crippen molar-refractivity contribution in [2.45, 2.75) is 39.2 Å². The van der Waals surface area contributed by atoms with Gasteiger partial charge in [-0.05, 0) is 33.6 Å². The van der Waals surface area contributed by atoms with Crippen molar-refractivity contribution in [3.8, 4) is 0 Å². The topological polar surface area (TPSA) is 76.0 Å². The van der Waals surface area contributed by atoms with Crippen molar-refractivity contribution in [3.05, 3.63) is 22.7 Å². The average Bonchev–Trinajstić information content (AvgIpc) is 3.18. The maximum atomic E-state index is 12.2. The standard InChI is InChI=1S/C14H22N4O2/c1-14(2,3)18-9-8-16-11(13(18)20)15-6-7-17-12(19)10-4-5-10/h8-10H,4-7H2,1-3H3,(H,15,16)(H,17,19). The van der Waals surface area contributed by atoms with Gasteiger partial charge in [0.1, 0.15) is 0 Å². The molecule has 0 spiro atoms. The van der Waals surface area contributed by atoms with Gasteiger partial charge in [0.15, 0.2) is 5.82 Å². The number of aromatic nitrogens is 2. The second-order valence-electron chi connectivity index (χ2n) is 6.11. The summed E-state index contributed by atoms with van der Waals surface area (Å²) in [4.78, 5) is 27.7. The van der Waals surface area contributed by atoms with Crippen LogP contribution < -0.4 is 16.2 Å². The van der Waals surface area contributed by atoms with Crippen LogP contribution in [0.1, 0.15) is 33.6 Å². The van der Waals surface area contributed by atoms with Crippen LogP contribution in [0.4, 0.5) is 5.82 Å². The molecule has 6 nitrogen and oxygen atoms in total. The Hall–Kier alpha value is -1.85. The number of hydrogen-bond acceptors (Lipinski definition) is 4. The van der Waals surface area contributed by atoms with Gasteiger partial charge in [0.25, 0.3) is 5.56 Å². The molecule has 1 aliphatic carbocycles. The van der Waals surface area contributed by atoms with Crippen LogP contribution in [0, 0.1) is 5.92 Å². The van der Waals surface area contributed by atoms with Gasteiger partial charge in [0, 0.05) is 36.9 Å². The Labute approximate surface area is 118 Å². The maximum absolute atomic E-state index is 12.2. The van der Waals surface area contributed by atoms with Crippen LogP contribution in [0.15, 0.2) is 17.2 Å². The lowest BCUT2D eigenvalue weighted by Gasteiger charge is -2.22. The molecule has 1 heterocycles. The van der Waals surface area contributed by atoms with Crippen LogP contribution >= 0.6 is 0 Å². The Bertz CT molecular complexity index is 541. The van der Waals surface area contributed by atoms with E-state index < -0.39 is 0 Å². The van der Waals surface area contributed by atoms with Gasteiger partial charge in [-0.3, -0.25) is 9.59 Å². The Morgan fingerprint density at radius 3 is 2.70 bits per heavy atom. The fourth-order valence-electron chi connectivity index (χ4n) is 1.92. The van der Waals surface area contributed by atoms with Gasteiger partial charge in [-0.15, -0.1) is 0 Å². The summed E-state index contributed by atoms with van der Waals surface area (Å²) >= 11 is 0. The third-order valence-corrected chi connectivity index (χ3v) is 3.23. The van der Waals surface area contributed by atoms with Crippen LogP contribution in [0.3, 0.4) is 0 Å². The third-order valence-electron chi connectivity index (χ3n) is 3.23. The van der Waals surface area contributed by atoms with Gasteiger partial charge in [-0.1, -0.05) is 0 Å². The number of carbonyl (C=O) groups is 1. The zero-order chi connectivity index (χ0) is 14.8. The minimum atomic E-state index is -0.281. The molecule has 0 saturated heterocycles. The second kappa shape index (κ2) is 5.64. The minimum Gasteiger partial charge on any atom is -0.364 e. The lowest BCUT2D eigenvalue weighted by atomic mass is 10.1. The quantitative estimate of drug-likeness (QED) is 0.786. The Morgan fingerprint density at radius 2 is 2.10 bits per heavy atom. The molecule has 0 bridgehead atoms. The largest absolute Gasteiger partial charge is 0.364 e. The minimum absolute atomic E-state index is 0.111. The molecule has 1 amide bonds. The number of carbonyl (C=O) groups excluding carboxylic acids is 1. The average molecular weight is 278 g/mol. The highest BCUT2D eigenvalue weighted by Gasteiger charge is 2.29. The lowest BCUT2D eigenvalue weighted by Crippen LogP contribution is -2.36. The summed E-state index contributed by atoms with van der Waals surface area (Å²) in [7, 11) is 0. The third kappa shape index (κ3) is 3.59. The van der Waals surface area contributed by atoms with Crippen molar-refractivity contribution in [3.63, 3.8) is 0 Å². The highest BCUT2D eigenvalue weighted by molar-refractivity contribution is 5.80. The highest BCUT2D eigenvalue weighted by atomic mass is 16.2. The maximum Gasteiger partial charge on any atom is 0.293 e. The number of hydrogen-bond donors (Lipinski definition) is 2. The SMILES string of the molecule is CC(C)(C)n1ccnc(NCCNC(=O)C2CC2)c1=O. The normalized spacial score (nSPS) is 14.9. The Morgan fingerprint density at radius 1 is 1.40 bits per heavy atom. The zero-order valence-electron chi connectivity index (χ0n) is 12.3. The van der Waals surface area contributed by atoms with E-state index in [0.717, 1.165) is 12.8 Å². The van der Waals surface area contributed by atoms with Gasteiger partial charge < -0.3 is 15.2 Å². The van der Waals surface area contributed by atoms with Gasteiger partial charge in [0.05, 0.1) is 0 Å². The number of amides is 1. The number of nitrogens with one attached hydrogen (secondary N) is 2. The van der Waals surface area contributed by atoms with Crippen molar-refractivity contribution >= 4 is 11.7 Å². The molecular weight excluding hydrogens is 256 g/mol. The predicted octanol–water partition coefficient (Wildman–Crippen LogP) is 0.936. The Balaban J connectivity index is 1.89. The van der Waals surface area contributed by atoms with Gasteiger partial charge in [-0.25, -0.2) is 4.98 Å². The van der Waals surface area contributed by atoms with Crippen molar-refractivity contribution in [1.82, 2.24) is 14.9 Å². The fraction of sp³-hybridized carbons (Fsp3) is 0.643. The molecular formula is C14H22N4O2. The summed E-state index contributed by atoms with van der Waals surface area (Å²) in [6.45, 7) is 6.89. The molecule has 20 heavy (non-hydrogen) atoms. The molecule has 1 aromatic rings. The van der Waals surface area contributed by atoms with E-state index in [1.807, 2.05) is 20.8 Å². The molecule has 1 fully saturated rings. The van der Waals surface area contributed by atoms with E-state index >= 15 is 0 Å². The van der Waals surface area contributed by atoms with E-state index in [4.69, 9.17) is 0 Å². The van der Waals surface area contributed by atoms with Crippen molar-refractivity contribution in [1.29, 1.82) is 0 Å². The summed E-state index contributed by atoms with van der Waals surface area (Å²) < 4.78 is 1.64. The molecule has 1 aromatic heterocycles. The first-order valence-corrected chi connectivity index (χ1v) is 6.99. The summed E-state index contributed by atoms with van der Waals surface area (Å²) in [5.74, 6) is 0.644. The van der Waals surface area contributed by atoms with E-state index in [0.29, 0.717) is 18.9 Å². The van der Waals surface area contributed by atoms with Crippen LogP contribution in [0.25, 0.3) is 0 Å². The molecule has 0 atom stereocenters. The van der Waals surface area contributed by atoms with E-state index in [1.165, 1.54) is 0 Å². The predicted molar refractivity (Wildman–Crippen MR) is 77.7 cm³/mol. The van der Waals surface area contributed by atoms with Crippen LogP contribution in [-0.2, 0) is 10.3 Å². The molecule has 0 aromatic carbocycles. The van der Waals surface area contributed by atoms with Crippen molar-refractivity contribution in [2.75, 3.05) is 18.4 Å². The van der Waals surface area contributed by atoms with Crippen LogP contribution in [0.2, 0.25) is 0 Å². The zero-order valence-corrected chi connectivity index (χ0v) is 12.3. The molecule has 0 radical (unpaired) electrons. The van der Waals surface area contributed by atoms with Gasteiger partial charge in [0.2, 0.25) is 5.91 Å². The molecule has 1 saturated carbocycles. The first-order valence-electron chi connectivity index (χ1n) is 6.99. The molecule has 2 N–H and O–H groups in total. The molecule has 6 heteroatoms. The smallest absolute Gasteiger partial charge is 0.293 e. The lowest BCUT2D eigenvalue weighted by molar-refractivity contribution is -0.122. The van der Waals surface area contributed by atoms with Gasteiger partial charge >= 0.3 is 0 Å². The van der Waals surface area contributed by atoms with Gasteiger partial charge in [-0.2, -0.15) is 0 Å². The summed E-state index contributed by atoms with van der Waals surface area (Å²) in [5.41, 5.74) is -0.426. The second-order valence-corrected chi connectivity index (χ2v) is 6.11. The van der Waals surface area contributed by atoms with Crippen molar-refractivity contribution in [2.24, 2.45) is 5.92 Å². The molecule has 1 aliphatic rings. The summed E-state index contributed by atoms with van der Waals surface area (Å²) in [6.07, 6.45) is 5.28. The molecule has 2 rings (SSSR count). The monoisotopic (exact) mass is 278 g/mol. The van der Waals surface area contributed by atoms with E-state index in [9.17, 15) is 9.59 Å².